The number of hydrogen-bond donors (Lipinski definition) is 2. The first-order valence-electron chi connectivity index (χ1n) is 6.20. The Hall–Kier alpha value is -1.30. The van der Waals surface area contributed by atoms with Crippen molar-refractivity contribution in [2.24, 2.45) is 0 Å². The lowest BCUT2D eigenvalue weighted by Gasteiger charge is -2.27. The zero-order valence-electron chi connectivity index (χ0n) is 12.0. The number of methoxy groups -OCH3 is 3. The minimum absolute atomic E-state index is 0.382. The molecule has 5 heteroatoms. The summed E-state index contributed by atoms with van der Waals surface area (Å²) in [6, 6.07) is 5.44. The second-order valence-electron chi connectivity index (χ2n) is 4.48. The molecule has 0 aliphatic heterocycles. The van der Waals surface area contributed by atoms with Crippen LogP contribution in [0.15, 0.2) is 18.2 Å². The number of aliphatic hydroxyl groups is 1. The van der Waals surface area contributed by atoms with Crippen LogP contribution in [0.1, 0.15) is 12.5 Å². The highest BCUT2D eigenvalue weighted by Crippen LogP contribution is 2.37. The van der Waals surface area contributed by atoms with Gasteiger partial charge in [0.25, 0.3) is 0 Å². The van der Waals surface area contributed by atoms with Crippen LogP contribution < -0.4 is 14.8 Å². The summed E-state index contributed by atoms with van der Waals surface area (Å²) in [6.07, 6.45) is 0. The molecule has 0 heterocycles. The number of nitrogens with one attached hydrogen (secondary N) is 1. The maximum atomic E-state index is 10.6. The lowest BCUT2D eigenvalue weighted by atomic mass is 9.93. The summed E-state index contributed by atoms with van der Waals surface area (Å²) in [7, 11) is 4.79. The molecular formula is C14H23NO4. The van der Waals surface area contributed by atoms with Gasteiger partial charge in [-0.3, -0.25) is 0 Å². The van der Waals surface area contributed by atoms with E-state index in [1.807, 2.05) is 18.2 Å². The highest BCUT2D eigenvalue weighted by Gasteiger charge is 2.30. The molecule has 0 amide bonds. The molecule has 108 valence electrons. The molecule has 0 bridgehead atoms. The van der Waals surface area contributed by atoms with E-state index >= 15 is 0 Å². The topological polar surface area (TPSA) is 60.0 Å². The molecular weight excluding hydrogens is 246 g/mol. The van der Waals surface area contributed by atoms with E-state index in [1.54, 1.807) is 28.3 Å². The van der Waals surface area contributed by atoms with Crippen molar-refractivity contribution in [2.45, 2.75) is 12.5 Å². The molecule has 0 aromatic heterocycles. The highest BCUT2D eigenvalue weighted by atomic mass is 16.5. The third kappa shape index (κ3) is 4.09. The third-order valence-corrected chi connectivity index (χ3v) is 2.92. The van der Waals surface area contributed by atoms with Gasteiger partial charge in [-0.15, -0.1) is 0 Å². The van der Waals surface area contributed by atoms with Crippen LogP contribution >= 0.6 is 0 Å². The predicted octanol–water partition coefficient (Wildman–Crippen LogP) is 1.15. The molecule has 1 aromatic rings. The average molecular weight is 269 g/mol. The van der Waals surface area contributed by atoms with Crippen LogP contribution in [0, 0.1) is 0 Å². The fourth-order valence-corrected chi connectivity index (χ4v) is 1.98. The first-order chi connectivity index (χ1) is 9.06. The van der Waals surface area contributed by atoms with Crippen LogP contribution in [-0.4, -0.2) is 46.1 Å². The van der Waals surface area contributed by atoms with Crippen molar-refractivity contribution in [3.8, 4) is 11.5 Å². The highest BCUT2D eigenvalue weighted by molar-refractivity contribution is 5.48. The standard InChI is InChI=1S/C14H23NO4/c1-14(16,10-15-8-9-17-2)13-11(18-3)6-5-7-12(13)19-4/h5-7,15-16H,8-10H2,1-4H3. The van der Waals surface area contributed by atoms with Gasteiger partial charge in [-0.2, -0.15) is 0 Å². The van der Waals surface area contributed by atoms with Gasteiger partial charge in [-0.25, -0.2) is 0 Å². The van der Waals surface area contributed by atoms with Gasteiger partial charge in [-0.05, 0) is 19.1 Å². The quantitative estimate of drug-likeness (QED) is 0.693. The first kappa shape index (κ1) is 15.8. The second kappa shape index (κ2) is 7.33. The van der Waals surface area contributed by atoms with E-state index in [0.717, 1.165) is 0 Å². The number of hydrogen-bond acceptors (Lipinski definition) is 5. The number of ether oxygens (including phenoxy) is 3. The van der Waals surface area contributed by atoms with Crippen molar-refractivity contribution in [2.75, 3.05) is 41.0 Å². The first-order valence-corrected chi connectivity index (χ1v) is 6.20. The Bertz CT molecular complexity index is 371. The summed E-state index contributed by atoms with van der Waals surface area (Å²) in [5.41, 5.74) is -0.448. The number of benzene rings is 1. The van der Waals surface area contributed by atoms with Crippen LogP contribution in [0.3, 0.4) is 0 Å². The van der Waals surface area contributed by atoms with E-state index < -0.39 is 5.60 Å². The van der Waals surface area contributed by atoms with Gasteiger partial charge in [0.1, 0.15) is 17.1 Å². The summed E-state index contributed by atoms with van der Waals surface area (Å²) in [6.45, 7) is 3.38. The molecule has 2 N–H and O–H groups in total. The fraction of sp³-hybridized carbons (Fsp3) is 0.571. The molecule has 0 saturated heterocycles. The van der Waals surface area contributed by atoms with Crippen LogP contribution in [0.4, 0.5) is 0 Å². The smallest absolute Gasteiger partial charge is 0.128 e. The number of rotatable bonds is 8. The summed E-state index contributed by atoms with van der Waals surface area (Å²) < 4.78 is 15.6. The van der Waals surface area contributed by atoms with Crippen molar-refractivity contribution >= 4 is 0 Å². The predicted molar refractivity (Wildman–Crippen MR) is 73.9 cm³/mol. The van der Waals surface area contributed by atoms with Crippen LogP contribution in [0.25, 0.3) is 0 Å². The normalized spacial score (nSPS) is 13.9. The lowest BCUT2D eigenvalue weighted by molar-refractivity contribution is 0.0499. The average Bonchev–Trinajstić information content (AvgIpc) is 2.42. The third-order valence-electron chi connectivity index (χ3n) is 2.92. The zero-order valence-corrected chi connectivity index (χ0v) is 12.0. The van der Waals surface area contributed by atoms with Crippen LogP contribution in [-0.2, 0) is 10.3 Å². The lowest BCUT2D eigenvalue weighted by Crippen LogP contribution is -2.37. The summed E-state index contributed by atoms with van der Waals surface area (Å²) in [4.78, 5) is 0. The maximum absolute atomic E-state index is 10.6. The SMILES string of the molecule is COCCNCC(C)(O)c1c(OC)cccc1OC. The Morgan fingerprint density at radius 1 is 1.16 bits per heavy atom. The maximum Gasteiger partial charge on any atom is 0.128 e. The Kier molecular flexibility index (Phi) is 6.08. The van der Waals surface area contributed by atoms with E-state index in [4.69, 9.17) is 14.2 Å². The van der Waals surface area contributed by atoms with Crippen molar-refractivity contribution in [1.82, 2.24) is 5.32 Å². The molecule has 0 saturated carbocycles. The van der Waals surface area contributed by atoms with Crippen molar-refractivity contribution in [3.63, 3.8) is 0 Å². The fourth-order valence-electron chi connectivity index (χ4n) is 1.98. The van der Waals surface area contributed by atoms with Crippen molar-refractivity contribution in [1.29, 1.82) is 0 Å². The Balaban J connectivity index is 2.91. The van der Waals surface area contributed by atoms with E-state index in [1.165, 1.54) is 0 Å². The van der Waals surface area contributed by atoms with E-state index in [9.17, 15) is 5.11 Å². The molecule has 0 fully saturated rings. The van der Waals surface area contributed by atoms with Gasteiger partial charge in [-0.1, -0.05) is 6.07 Å². The van der Waals surface area contributed by atoms with E-state index in [0.29, 0.717) is 36.8 Å². The van der Waals surface area contributed by atoms with Crippen molar-refractivity contribution in [3.05, 3.63) is 23.8 Å². The Morgan fingerprint density at radius 3 is 2.21 bits per heavy atom. The molecule has 1 aromatic carbocycles. The van der Waals surface area contributed by atoms with Gasteiger partial charge >= 0.3 is 0 Å². The molecule has 5 nitrogen and oxygen atoms in total. The molecule has 19 heavy (non-hydrogen) atoms. The molecule has 0 radical (unpaired) electrons. The minimum Gasteiger partial charge on any atom is -0.496 e. The van der Waals surface area contributed by atoms with Crippen molar-refractivity contribution < 1.29 is 19.3 Å². The summed E-state index contributed by atoms with van der Waals surface area (Å²) >= 11 is 0. The molecule has 0 aliphatic rings. The van der Waals surface area contributed by atoms with Gasteiger partial charge in [0.2, 0.25) is 0 Å². The Labute approximate surface area is 114 Å². The van der Waals surface area contributed by atoms with Crippen LogP contribution in [0.2, 0.25) is 0 Å². The molecule has 0 spiro atoms. The van der Waals surface area contributed by atoms with E-state index in [2.05, 4.69) is 5.32 Å². The van der Waals surface area contributed by atoms with Gasteiger partial charge in [0.15, 0.2) is 0 Å². The van der Waals surface area contributed by atoms with E-state index in [-0.39, 0.29) is 0 Å². The van der Waals surface area contributed by atoms with Gasteiger partial charge in [0.05, 0.1) is 26.4 Å². The molecule has 1 atom stereocenters. The van der Waals surface area contributed by atoms with Gasteiger partial charge < -0.3 is 24.6 Å². The van der Waals surface area contributed by atoms with Crippen LogP contribution in [0.5, 0.6) is 11.5 Å². The zero-order chi connectivity index (χ0) is 14.3. The minimum atomic E-state index is -1.09. The summed E-state index contributed by atoms with van der Waals surface area (Å²) in [5.74, 6) is 1.22. The monoisotopic (exact) mass is 269 g/mol. The summed E-state index contributed by atoms with van der Waals surface area (Å²) in [5, 5.41) is 13.8. The molecule has 1 unspecified atom stereocenters. The Morgan fingerprint density at radius 2 is 1.74 bits per heavy atom. The molecule has 0 aliphatic carbocycles. The molecule has 1 rings (SSSR count). The largest absolute Gasteiger partial charge is 0.496 e. The van der Waals surface area contributed by atoms with Gasteiger partial charge in [0, 0.05) is 20.2 Å². The second-order valence-corrected chi connectivity index (χ2v) is 4.48.